The highest BCUT2D eigenvalue weighted by molar-refractivity contribution is 7.63. The van der Waals surface area contributed by atoms with Gasteiger partial charge in [-0.2, -0.15) is 0 Å². The molecule has 0 radical (unpaired) electrons. The van der Waals surface area contributed by atoms with E-state index >= 15 is 0 Å². The summed E-state index contributed by atoms with van der Waals surface area (Å²) < 4.78 is 46.5. The van der Waals surface area contributed by atoms with Crippen LogP contribution >= 0.6 is 15.2 Å². The molecule has 126 valence electrons. The van der Waals surface area contributed by atoms with Crippen molar-refractivity contribution in [3.8, 4) is 0 Å². The first kappa shape index (κ1) is 19.5. The van der Waals surface area contributed by atoms with Crippen LogP contribution in [0, 0.1) is 0 Å². The van der Waals surface area contributed by atoms with Gasteiger partial charge in [-0.15, -0.1) is 0 Å². The quantitative estimate of drug-likeness (QED) is 0.599. The number of aromatic nitrogens is 1. The highest BCUT2D eigenvalue weighted by Gasteiger charge is 2.33. The van der Waals surface area contributed by atoms with Crippen molar-refractivity contribution in [2.24, 2.45) is 0 Å². The average molecular weight is 351 g/mol. The van der Waals surface area contributed by atoms with Gasteiger partial charge in [-0.05, 0) is 39.8 Å². The number of hydrogen-bond acceptors (Lipinski definition) is 7. The molecule has 7 nitrogen and oxygen atoms in total. The Morgan fingerprint density at radius 2 is 1.32 bits per heavy atom. The number of hydrogen-bond donors (Lipinski definition) is 0. The van der Waals surface area contributed by atoms with Crippen molar-refractivity contribution in [3.63, 3.8) is 0 Å². The summed E-state index contributed by atoms with van der Waals surface area (Å²) in [5, 5.41) is 0.279. The molecular weight excluding hydrogens is 328 g/mol. The van der Waals surface area contributed by atoms with Crippen molar-refractivity contribution in [1.82, 2.24) is 4.98 Å². The summed E-state index contributed by atoms with van der Waals surface area (Å²) in [5.74, 6) is 0. The molecule has 0 spiro atoms. The van der Waals surface area contributed by atoms with Gasteiger partial charge < -0.3 is 18.1 Å². The van der Waals surface area contributed by atoms with Gasteiger partial charge in [0.2, 0.25) is 0 Å². The molecule has 0 saturated heterocycles. The molecule has 0 aliphatic rings. The molecule has 0 saturated carbocycles. The van der Waals surface area contributed by atoms with Crippen molar-refractivity contribution in [3.05, 3.63) is 18.3 Å². The van der Waals surface area contributed by atoms with Crippen molar-refractivity contribution in [2.75, 3.05) is 26.4 Å². The van der Waals surface area contributed by atoms with Crippen LogP contribution < -0.4 is 10.7 Å². The molecule has 1 heterocycles. The van der Waals surface area contributed by atoms with Crippen LogP contribution in [0.15, 0.2) is 18.3 Å². The molecular formula is C13H23NO6P2. The third kappa shape index (κ3) is 4.72. The smallest absolute Gasteiger partial charge is 0.305 e. The monoisotopic (exact) mass is 351 g/mol. The predicted octanol–water partition coefficient (Wildman–Crippen LogP) is 2.86. The lowest BCUT2D eigenvalue weighted by molar-refractivity contribution is 0.229. The Bertz CT molecular complexity index is 500. The summed E-state index contributed by atoms with van der Waals surface area (Å²) in [6.45, 7) is 7.72. The maximum Gasteiger partial charge on any atom is 0.379 e. The zero-order valence-electron chi connectivity index (χ0n) is 13.4. The fourth-order valence-electron chi connectivity index (χ4n) is 1.76. The first-order valence-corrected chi connectivity index (χ1v) is 10.3. The first-order valence-electron chi connectivity index (χ1n) is 7.21. The Morgan fingerprint density at radius 3 is 1.77 bits per heavy atom. The second-order valence-electron chi connectivity index (χ2n) is 4.04. The lowest BCUT2D eigenvalue weighted by Crippen LogP contribution is -2.21. The minimum atomic E-state index is -3.55. The molecule has 1 aromatic heterocycles. The van der Waals surface area contributed by atoms with Gasteiger partial charge in [-0.1, -0.05) is 0 Å². The number of rotatable bonds is 10. The number of nitrogens with zero attached hydrogens (tertiary/aromatic N) is 1. The summed E-state index contributed by atoms with van der Waals surface area (Å²) in [6.07, 6.45) is 1.39. The van der Waals surface area contributed by atoms with Gasteiger partial charge in [0, 0.05) is 6.20 Å². The first-order chi connectivity index (χ1) is 10.5. The van der Waals surface area contributed by atoms with E-state index in [9.17, 15) is 9.13 Å². The van der Waals surface area contributed by atoms with Crippen molar-refractivity contribution in [1.29, 1.82) is 0 Å². The van der Waals surface area contributed by atoms with Crippen LogP contribution in [0.3, 0.4) is 0 Å². The maximum atomic E-state index is 12.8. The largest absolute Gasteiger partial charge is 0.379 e. The summed E-state index contributed by atoms with van der Waals surface area (Å²) in [4.78, 5) is 4.04. The van der Waals surface area contributed by atoms with Gasteiger partial charge in [-0.3, -0.25) is 9.13 Å². The van der Waals surface area contributed by atoms with E-state index in [0.717, 1.165) is 0 Å². The van der Waals surface area contributed by atoms with E-state index in [2.05, 4.69) is 4.98 Å². The van der Waals surface area contributed by atoms with Crippen LogP contribution in [-0.4, -0.2) is 31.4 Å². The van der Waals surface area contributed by atoms with Gasteiger partial charge in [0.1, 0.15) is 0 Å². The molecule has 0 aromatic carbocycles. The van der Waals surface area contributed by atoms with E-state index < -0.39 is 15.2 Å². The van der Waals surface area contributed by atoms with Crippen LogP contribution in [0.2, 0.25) is 0 Å². The van der Waals surface area contributed by atoms with Crippen molar-refractivity contribution >= 4 is 25.9 Å². The molecule has 0 fully saturated rings. The molecule has 0 atom stereocenters. The van der Waals surface area contributed by atoms with E-state index in [0.29, 0.717) is 0 Å². The van der Waals surface area contributed by atoms with E-state index in [-0.39, 0.29) is 37.2 Å². The van der Waals surface area contributed by atoms with Crippen molar-refractivity contribution < 1.29 is 27.2 Å². The van der Waals surface area contributed by atoms with Gasteiger partial charge in [0.25, 0.3) is 0 Å². The summed E-state index contributed by atoms with van der Waals surface area (Å²) in [6, 6.07) is 2.91. The Balaban J connectivity index is 3.27. The Morgan fingerprint density at radius 1 is 0.864 bits per heavy atom. The van der Waals surface area contributed by atoms with E-state index in [1.54, 1.807) is 27.7 Å². The number of pyridine rings is 1. The highest BCUT2D eigenvalue weighted by atomic mass is 31.2. The van der Waals surface area contributed by atoms with Crippen molar-refractivity contribution in [2.45, 2.75) is 27.7 Å². The van der Waals surface area contributed by atoms with E-state index in [1.807, 2.05) is 0 Å². The minimum Gasteiger partial charge on any atom is -0.305 e. The summed E-state index contributed by atoms with van der Waals surface area (Å²) in [7, 11) is -7.03. The van der Waals surface area contributed by atoms with Gasteiger partial charge in [-0.25, -0.2) is 4.98 Å². The Labute approximate surface area is 131 Å². The Kier molecular flexibility index (Phi) is 7.90. The van der Waals surface area contributed by atoms with E-state index in [4.69, 9.17) is 18.1 Å². The predicted molar refractivity (Wildman–Crippen MR) is 85.2 cm³/mol. The fraction of sp³-hybridized carbons (Fsp3) is 0.615. The second-order valence-corrected chi connectivity index (χ2v) is 8.04. The molecule has 0 amide bonds. The van der Waals surface area contributed by atoms with Crippen LogP contribution in [0.25, 0.3) is 0 Å². The molecule has 0 aliphatic heterocycles. The lowest BCUT2D eigenvalue weighted by atomic mass is 10.5. The SMILES string of the molecule is CCOP(=O)(OCC)c1ccnc(P(=O)(OCC)OCC)c1. The van der Waals surface area contributed by atoms with Crippen LogP contribution in [0.1, 0.15) is 27.7 Å². The molecule has 0 N–H and O–H groups in total. The molecule has 0 unspecified atom stereocenters. The van der Waals surface area contributed by atoms with Gasteiger partial charge in [0.05, 0.1) is 31.7 Å². The lowest BCUT2D eigenvalue weighted by Gasteiger charge is -2.20. The molecule has 0 bridgehead atoms. The molecule has 9 heteroatoms. The van der Waals surface area contributed by atoms with Crippen LogP contribution in [0.4, 0.5) is 0 Å². The maximum absolute atomic E-state index is 12.8. The fourth-order valence-corrected chi connectivity index (χ4v) is 4.97. The third-order valence-corrected chi connectivity index (χ3v) is 6.63. The Hall–Kier alpha value is -0.550. The molecule has 0 aliphatic carbocycles. The average Bonchev–Trinajstić information content (AvgIpc) is 2.48. The standard InChI is InChI=1S/C13H23NO6P2/c1-5-17-21(15,18-6-2)12-9-10-14-13(11-12)22(16,19-7-3)20-8-4/h9-11H,5-8H2,1-4H3. The van der Waals surface area contributed by atoms with Crippen LogP contribution in [-0.2, 0) is 27.2 Å². The minimum absolute atomic E-state index is 0.0910. The zero-order valence-corrected chi connectivity index (χ0v) is 15.1. The summed E-state index contributed by atoms with van der Waals surface area (Å²) >= 11 is 0. The van der Waals surface area contributed by atoms with E-state index in [1.165, 1.54) is 18.3 Å². The van der Waals surface area contributed by atoms with Gasteiger partial charge >= 0.3 is 15.2 Å². The zero-order chi connectivity index (χ0) is 16.6. The molecule has 1 rings (SSSR count). The normalized spacial score (nSPS) is 12.5. The second kappa shape index (κ2) is 8.92. The van der Waals surface area contributed by atoms with Gasteiger partial charge in [0.15, 0.2) is 5.44 Å². The highest BCUT2D eigenvalue weighted by Crippen LogP contribution is 2.49. The summed E-state index contributed by atoms with van der Waals surface area (Å²) in [5.41, 5.74) is 0.0910. The molecule has 22 heavy (non-hydrogen) atoms. The molecule has 1 aromatic rings. The van der Waals surface area contributed by atoms with Crippen LogP contribution in [0.5, 0.6) is 0 Å². The third-order valence-electron chi connectivity index (χ3n) is 2.52. The topological polar surface area (TPSA) is 84.0 Å².